The molecule has 1 saturated carbocycles. The van der Waals surface area contributed by atoms with E-state index in [-0.39, 0.29) is 23.8 Å². The van der Waals surface area contributed by atoms with Crippen LogP contribution in [-0.2, 0) is 16.0 Å². The fourth-order valence-electron chi connectivity index (χ4n) is 4.31. The zero-order valence-corrected chi connectivity index (χ0v) is 17.4. The van der Waals surface area contributed by atoms with Crippen molar-refractivity contribution in [1.29, 1.82) is 0 Å². The second-order valence-corrected chi connectivity index (χ2v) is 8.33. The summed E-state index contributed by atoms with van der Waals surface area (Å²) in [7, 11) is 0. The van der Waals surface area contributed by atoms with Crippen molar-refractivity contribution < 1.29 is 19.4 Å². The van der Waals surface area contributed by atoms with Gasteiger partial charge in [-0.05, 0) is 69.1 Å². The number of aliphatic hydroxyl groups excluding tert-OH is 1. The van der Waals surface area contributed by atoms with Crippen molar-refractivity contribution in [2.24, 2.45) is 11.8 Å². The summed E-state index contributed by atoms with van der Waals surface area (Å²) in [6.07, 6.45) is 5.12. The van der Waals surface area contributed by atoms with Gasteiger partial charge in [-0.3, -0.25) is 9.59 Å². The highest BCUT2D eigenvalue weighted by atomic mass is 16.5. The number of amides is 2. The zero-order valence-electron chi connectivity index (χ0n) is 17.4. The van der Waals surface area contributed by atoms with Gasteiger partial charge in [0.1, 0.15) is 5.75 Å². The summed E-state index contributed by atoms with van der Waals surface area (Å²) in [6.45, 7) is 4.80. The number of nitrogens with zero attached hydrogens (tertiary/aromatic N) is 1. The lowest BCUT2D eigenvalue weighted by Gasteiger charge is -2.35. The van der Waals surface area contributed by atoms with Crippen molar-refractivity contribution in [3.63, 3.8) is 0 Å². The van der Waals surface area contributed by atoms with Gasteiger partial charge in [0, 0.05) is 25.6 Å². The Morgan fingerprint density at radius 2 is 1.72 bits per heavy atom. The second kappa shape index (κ2) is 10.6. The third kappa shape index (κ3) is 6.46. The van der Waals surface area contributed by atoms with Crippen LogP contribution in [0.5, 0.6) is 5.75 Å². The number of carbonyl (C=O) groups excluding carboxylic acids is 2. The summed E-state index contributed by atoms with van der Waals surface area (Å²) in [5.74, 6) is 1.63. The summed E-state index contributed by atoms with van der Waals surface area (Å²) in [5, 5.41) is 12.7. The van der Waals surface area contributed by atoms with Gasteiger partial charge in [-0.1, -0.05) is 12.1 Å². The van der Waals surface area contributed by atoms with Gasteiger partial charge in [-0.15, -0.1) is 0 Å². The molecule has 1 aliphatic heterocycles. The molecule has 0 bridgehead atoms. The van der Waals surface area contributed by atoms with Crippen molar-refractivity contribution in [1.82, 2.24) is 10.2 Å². The van der Waals surface area contributed by atoms with Gasteiger partial charge in [-0.25, -0.2) is 0 Å². The molecule has 2 aliphatic rings. The van der Waals surface area contributed by atoms with Crippen LogP contribution in [0.15, 0.2) is 24.3 Å². The molecule has 0 atom stereocenters. The van der Waals surface area contributed by atoms with Crippen LogP contribution in [0.3, 0.4) is 0 Å². The van der Waals surface area contributed by atoms with E-state index in [0.717, 1.165) is 62.9 Å². The van der Waals surface area contributed by atoms with Crippen LogP contribution in [0.4, 0.5) is 0 Å². The smallest absolute Gasteiger partial charge is 0.225 e. The van der Waals surface area contributed by atoms with Crippen LogP contribution in [0.1, 0.15) is 51.0 Å². The van der Waals surface area contributed by atoms with Gasteiger partial charge in [-0.2, -0.15) is 0 Å². The number of hydrogen-bond donors (Lipinski definition) is 2. The van der Waals surface area contributed by atoms with Crippen molar-refractivity contribution in [3.05, 3.63) is 29.8 Å². The highest BCUT2D eigenvalue weighted by molar-refractivity contribution is 5.79. The largest absolute Gasteiger partial charge is 0.494 e. The van der Waals surface area contributed by atoms with Crippen LogP contribution in [0.25, 0.3) is 0 Å². The van der Waals surface area contributed by atoms with Crippen molar-refractivity contribution in [2.45, 2.75) is 58.0 Å². The Bertz CT molecular complexity index is 660. The fraction of sp³-hybridized carbons (Fsp3) is 0.652. The molecule has 1 aliphatic carbocycles. The molecule has 1 aromatic carbocycles. The van der Waals surface area contributed by atoms with Crippen LogP contribution in [0.2, 0.25) is 0 Å². The minimum atomic E-state index is -0.226. The third-order valence-corrected chi connectivity index (χ3v) is 6.16. The van der Waals surface area contributed by atoms with Crippen molar-refractivity contribution in [2.75, 3.05) is 26.2 Å². The topological polar surface area (TPSA) is 78.9 Å². The first-order valence-electron chi connectivity index (χ1n) is 11.0. The first-order valence-corrected chi connectivity index (χ1v) is 11.0. The summed E-state index contributed by atoms with van der Waals surface area (Å²) in [6, 6.07) is 7.65. The number of aliphatic hydroxyl groups is 1. The summed E-state index contributed by atoms with van der Waals surface area (Å²) < 4.78 is 5.42. The number of rotatable bonds is 7. The van der Waals surface area contributed by atoms with Crippen molar-refractivity contribution >= 4 is 11.8 Å². The number of hydrogen-bond acceptors (Lipinski definition) is 4. The Labute approximate surface area is 173 Å². The van der Waals surface area contributed by atoms with E-state index in [9.17, 15) is 14.7 Å². The molecule has 2 N–H and O–H groups in total. The lowest BCUT2D eigenvalue weighted by atomic mass is 9.85. The number of benzene rings is 1. The maximum absolute atomic E-state index is 12.7. The average molecular weight is 403 g/mol. The van der Waals surface area contributed by atoms with Gasteiger partial charge < -0.3 is 20.1 Å². The molecule has 0 aromatic heterocycles. The van der Waals surface area contributed by atoms with Gasteiger partial charge >= 0.3 is 0 Å². The highest BCUT2D eigenvalue weighted by Gasteiger charge is 2.31. The Hall–Kier alpha value is -2.08. The van der Waals surface area contributed by atoms with Crippen LogP contribution < -0.4 is 10.1 Å². The highest BCUT2D eigenvalue weighted by Crippen LogP contribution is 2.27. The molecular formula is C23H34N2O4. The average Bonchev–Trinajstić information content (AvgIpc) is 2.74. The van der Waals surface area contributed by atoms with Crippen molar-refractivity contribution in [3.8, 4) is 5.75 Å². The lowest BCUT2D eigenvalue weighted by Crippen LogP contribution is -2.44. The summed E-state index contributed by atoms with van der Waals surface area (Å²) in [5.41, 5.74) is 0.976. The monoisotopic (exact) mass is 402 g/mol. The first kappa shape index (κ1) is 21.6. The molecule has 160 valence electrons. The van der Waals surface area contributed by atoms with E-state index in [1.54, 1.807) is 0 Å². The van der Waals surface area contributed by atoms with E-state index in [2.05, 4.69) is 5.32 Å². The van der Waals surface area contributed by atoms with Gasteiger partial charge in [0.05, 0.1) is 19.1 Å². The molecule has 1 aromatic rings. The van der Waals surface area contributed by atoms with E-state index < -0.39 is 0 Å². The van der Waals surface area contributed by atoms with Crippen LogP contribution >= 0.6 is 0 Å². The number of carbonyl (C=O) groups is 2. The number of ether oxygens (including phenoxy) is 1. The molecule has 29 heavy (non-hydrogen) atoms. The maximum atomic E-state index is 12.7. The van der Waals surface area contributed by atoms with E-state index >= 15 is 0 Å². The summed E-state index contributed by atoms with van der Waals surface area (Å²) >= 11 is 0. The second-order valence-electron chi connectivity index (χ2n) is 8.33. The van der Waals surface area contributed by atoms with Gasteiger partial charge in [0.2, 0.25) is 11.8 Å². The summed E-state index contributed by atoms with van der Waals surface area (Å²) in [4.78, 5) is 26.9. The van der Waals surface area contributed by atoms with Gasteiger partial charge in [0.25, 0.3) is 0 Å². The Balaban J connectivity index is 1.35. The molecule has 0 spiro atoms. The lowest BCUT2D eigenvalue weighted by molar-refractivity contribution is -0.138. The molecular weight excluding hydrogens is 368 g/mol. The van der Waals surface area contributed by atoms with Gasteiger partial charge in [0.15, 0.2) is 0 Å². The van der Waals surface area contributed by atoms with E-state index in [4.69, 9.17) is 4.74 Å². The van der Waals surface area contributed by atoms with E-state index in [1.807, 2.05) is 36.1 Å². The van der Waals surface area contributed by atoms with Crippen LogP contribution in [0, 0.1) is 11.8 Å². The molecule has 0 radical (unpaired) electrons. The number of piperidine rings is 1. The Kier molecular flexibility index (Phi) is 7.92. The standard InChI is InChI=1S/C23H34N2O4/c1-2-29-21-9-3-17(4-10-21)15-22(27)24-16-18-11-13-25(14-12-18)23(28)19-5-7-20(26)8-6-19/h3-4,9-10,18-20,26H,2,5-8,11-16H2,1H3,(H,24,27). The molecule has 0 unspecified atom stereocenters. The molecule has 6 nitrogen and oxygen atoms in total. The zero-order chi connectivity index (χ0) is 20.6. The molecule has 2 fully saturated rings. The molecule has 6 heteroatoms. The minimum absolute atomic E-state index is 0.0356. The SMILES string of the molecule is CCOc1ccc(CC(=O)NCC2CCN(C(=O)C3CCC(O)CC3)CC2)cc1. The maximum Gasteiger partial charge on any atom is 0.225 e. The first-order chi connectivity index (χ1) is 14.0. The molecule has 1 heterocycles. The molecule has 2 amide bonds. The number of nitrogens with one attached hydrogen (secondary N) is 1. The predicted molar refractivity (Wildman–Crippen MR) is 112 cm³/mol. The predicted octanol–water partition coefficient (Wildman–Crippen LogP) is 2.53. The quantitative estimate of drug-likeness (QED) is 0.735. The Morgan fingerprint density at radius 1 is 1.07 bits per heavy atom. The minimum Gasteiger partial charge on any atom is -0.494 e. The third-order valence-electron chi connectivity index (χ3n) is 6.16. The Morgan fingerprint density at radius 3 is 2.34 bits per heavy atom. The fourth-order valence-corrected chi connectivity index (χ4v) is 4.31. The normalized spacial score (nSPS) is 22.9. The molecule has 1 saturated heterocycles. The van der Waals surface area contributed by atoms with E-state index in [1.165, 1.54) is 0 Å². The van der Waals surface area contributed by atoms with Crippen LogP contribution in [-0.4, -0.2) is 54.2 Å². The van der Waals surface area contributed by atoms with E-state index in [0.29, 0.717) is 25.5 Å². The molecule has 3 rings (SSSR count). The number of likely N-dealkylation sites (tertiary alicyclic amines) is 1.